The quantitative estimate of drug-likeness (QED) is 0.0776. The van der Waals surface area contributed by atoms with Gasteiger partial charge in [-0.25, -0.2) is 18.0 Å². The fourth-order valence-electron chi connectivity index (χ4n) is 3.72. The molecule has 0 saturated carbocycles. The van der Waals surface area contributed by atoms with E-state index in [9.17, 15) is 62.3 Å². The molecule has 0 spiro atoms. The first-order valence-electron chi connectivity index (χ1n) is 15.4. The summed E-state index contributed by atoms with van der Waals surface area (Å²) in [7, 11) is 0. The van der Waals surface area contributed by atoms with Gasteiger partial charge in [-0.3, -0.25) is 4.79 Å². The van der Waals surface area contributed by atoms with E-state index in [1.54, 1.807) is 27.7 Å². The molecule has 0 atom stereocenters. The second kappa shape index (κ2) is 27.0. The molecule has 0 aromatic heterocycles. The fraction of sp³-hybridized carbons (Fsp3) is 0.371. The highest BCUT2D eigenvalue weighted by Gasteiger charge is 2.33. The maximum atomic E-state index is 13.2. The number of carboxylic acids is 2. The summed E-state index contributed by atoms with van der Waals surface area (Å²) in [5.41, 5.74) is -2.28. The number of hydrogen-bond acceptors (Lipinski definition) is 5. The zero-order valence-electron chi connectivity index (χ0n) is 30.0. The van der Waals surface area contributed by atoms with Gasteiger partial charge in [0.2, 0.25) is 0 Å². The average molecular weight is 1160 g/mol. The lowest BCUT2D eigenvalue weighted by molar-refractivity contribution is -0.138. The summed E-state index contributed by atoms with van der Waals surface area (Å²) in [6, 6.07) is 6.54. The SMILES string of the molecule is C1CCOC1.CC(C)(CC(=O)O)Sc1cc(F)cc(C(F)(F)F)c1.CC(C)=CC(=O)O.Fc1cc(Br)cc(C(F)(F)F)c1.Fc1cc(S)cc(C(F)(F)F)c1.II. The molecular formula is C35H35BrF12I2O5S2. The molecule has 0 radical (unpaired) electrons. The summed E-state index contributed by atoms with van der Waals surface area (Å²) in [6.45, 7) is 8.64. The molecule has 2 N–H and O–H groups in total. The summed E-state index contributed by atoms with van der Waals surface area (Å²) in [6.07, 6.45) is -10.2. The van der Waals surface area contributed by atoms with Crippen LogP contribution in [0.15, 0.2) is 80.5 Å². The number of hydrogen-bond donors (Lipinski definition) is 3. The number of carbonyl (C=O) groups is 2. The molecule has 3 aromatic rings. The molecule has 1 saturated heterocycles. The number of alkyl halides is 9. The van der Waals surface area contributed by atoms with Gasteiger partial charge in [0.1, 0.15) is 17.5 Å². The van der Waals surface area contributed by atoms with Crippen LogP contribution in [0.3, 0.4) is 0 Å². The van der Waals surface area contributed by atoms with Crippen LogP contribution in [-0.2, 0) is 32.9 Å². The highest BCUT2D eigenvalue weighted by atomic mass is 128. The Labute approximate surface area is 362 Å². The molecule has 1 fully saturated rings. The largest absolute Gasteiger partial charge is 0.481 e. The second-order valence-corrected chi connectivity index (χ2v) is 15.0. The smallest absolute Gasteiger partial charge is 0.416 e. The van der Waals surface area contributed by atoms with E-state index in [-0.39, 0.29) is 20.7 Å². The molecule has 22 heteroatoms. The molecule has 1 aliphatic rings. The van der Waals surface area contributed by atoms with Gasteiger partial charge in [-0.05, 0) is 95.1 Å². The summed E-state index contributed by atoms with van der Waals surface area (Å²) in [4.78, 5) is 20.4. The van der Waals surface area contributed by atoms with Gasteiger partial charge >= 0.3 is 30.5 Å². The topological polar surface area (TPSA) is 83.8 Å². The molecular weight excluding hydrogens is 1130 g/mol. The number of carboxylic acid groups (broad SMARTS) is 2. The van der Waals surface area contributed by atoms with E-state index < -0.39 is 69.4 Å². The average Bonchev–Trinajstić information content (AvgIpc) is 3.60. The molecule has 0 bridgehead atoms. The van der Waals surface area contributed by atoms with E-state index in [1.807, 2.05) is 0 Å². The van der Waals surface area contributed by atoms with Crippen LogP contribution >= 0.6 is 77.6 Å². The van der Waals surface area contributed by atoms with Crippen molar-refractivity contribution in [2.24, 2.45) is 0 Å². The van der Waals surface area contributed by atoms with Gasteiger partial charge in [-0.15, -0.1) is 24.4 Å². The van der Waals surface area contributed by atoms with Gasteiger partial charge in [0.05, 0.1) is 23.1 Å². The second-order valence-electron chi connectivity index (χ2n) is 11.8. The van der Waals surface area contributed by atoms with Crippen molar-refractivity contribution in [1.82, 2.24) is 0 Å². The molecule has 0 amide bonds. The maximum absolute atomic E-state index is 13.2. The van der Waals surface area contributed by atoms with Gasteiger partial charge < -0.3 is 14.9 Å². The monoisotopic (exact) mass is 1160 g/mol. The molecule has 3 aromatic carbocycles. The molecule has 322 valence electrons. The Morgan fingerprint density at radius 3 is 1.46 bits per heavy atom. The summed E-state index contributed by atoms with van der Waals surface area (Å²) < 4.78 is 151. The lowest BCUT2D eigenvalue weighted by Gasteiger charge is -2.22. The summed E-state index contributed by atoms with van der Waals surface area (Å²) >= 11 is 11.5. The van der Waals surface area contributed by atoms with Gasteiger partial charge in [0.15, 0.2) is 0 Å². The Balaban J connectivity index is 0. The number of thioether (sulfide) groups is 1. The van der Waals surface area contributed by atoms with Crippen LogP contribution in [0.5, 0.6) is 0 Å². The molecule has 0 unspecified atom stereocenters. The van der Waals surface area contributed by atoms with E-state index in [0.29, 0.717) is 18.2 Å². The Kier molecular flexibility index (Phi) is 27.1. The van der Waals surface area contributed by atoms with Crippen molar-refractivity contribution in [2.75, 3.05) is 13.2 Å². The first-order chi connectivity index (χ1) is 25.9. The Hall–Kier alpha value is -1.90. The minimum absolute atomic E-state index is 0.0395. The van der Waals surface area contributed by atoms with Crippen molar-refractivity contribution in [3.05, 3.63) is 105 Å². The number of halogens is 15. The minimum atomic E-state index is -4.63. The number of aliphatic carboxylic acids is 2. The van der Waals surface area contributed by atoms with Crippen molar-refractivity contribution in [2.45, 2.75) is 80.0 Å². The van der Waals surface area contributed by atoms with E-state index in [2.05, 4.69) is 65.8 Å². The third kappa shape index (κ3) is 29.0. The predicted octanol–water partition coefficient (Wildman–Crippen LogP) is 14.5. The minimum Gasteiger partial charge on any atom is -0.481 e. The van der Waals surface area contributed by atoms with Crippen LogP contribution in [-0.4, -0.2) is 40.1 Å². The molecule has 5 nitrogen and oxygen atoms in total. The molecule has 57 heavy (non-hydrogen) atoms. The van der Waals surface area contributed by atoms with Crippen LogP contribution in [0.4, 0.5) is 52.7 Å². The maximum Gasteiger partial charge on any atom is 0.416 e. The van der Waals surface area contributed by atoms with E-state index in [1.165, 1.54) is 18.9 Å². The first-order valence-corrected chi connectivity index (χ1v) is 23.7. The van der Waals surface area contributed by atoms with Crippen molar-refractivity contribution in [1.29, 1.82) is 0 Å². The fourth-order valence-corrected chi connectivity index (χ4v) is 5.64. The summed E-state index contributed by atoms with van der Waals surface area (Å²) in [5.74, 6) is -4.78. The molecule has 4 rings (SSSR count). The third-order valence-electron chi connectivity index (χ3n) is 5.81. The van der Waals surface area contributed by atoms with Gasteiger partial charge in [0, 0.05) is 75.5 Å². The van der Waals surface area contributed by atoms with Gasteiger partial charge in [-0.2, -0.15) is 39.5 Å². The zero-order chi connectivity index (χ0) is 44.9. The highest BCUT2D eigenvalue weighted by Crippen LogP contribution is 2.39. The number of thiol groups is 1. The Morgan fingerprint density at radius 2 is 1.14 bits per heavy atom. The third-order valence-corrected chi connectivity index (χ3v) is 7.69. The Bertz CT molecular complexity index is 1620. The van der Waals surface area contributed by atoms with E-state index in [0.717, 1.165) is 66.9 Å². The zero-order valence-corrected chi connectivity index (χ0v) is 37.6. The molecule has 1 heterocycles. The van der Waals surface area contributed by atoms with Crippen LogP contribution in [0.25, 0.3) is 0 Å². The lowest BCUT2D eigenvalue weighted by Crippen LogP contribution is -2.19. The number of rotatable bonds is 5. The van der Waals surface area contributed by atoms with Crippen LogP contribution in [0.2, 0.25) is 0 Å². The Morgan fingerprint density at radius 1 is 0.737 bits per heavy atom. The van der Waals surface area contributed by atoms with Crippen molar-refractivity contribution < 1.29 is 77.2 Å². The number of benzene rings is 3. The van der Waals surface area contributed by atoms with Crippen LogP contribution in [0.1, 0.15) is 63.6 Å². The van der Waals surface area contributed by atoms with Crippen LogP contribution < -0.4 is 0 Å². The normalized spacial score (nSPS) is 12.3. The highest BCUT2D eigenvalue weighted by molar-refractivity contribution is 15.0. The first kappa shape index (κ1) is 57.2. The van der Waals surface area contributed by atoms with Crippen molar-refractivity contribution >= 4 is 89.5 Å². The lowest BCUT2D eigenvalue weighted by atomic mass is 10.1. The van der Waals surface area contributed by atoms with E-state index in [4.69, 9.17) is 14.9 Å². The summed E-state index contributed by atoms with van der Waals surface area (Å²) in [5, 5.41) is 16.7. The van der Waals surface area contributed by atoms with Gasteiger partial charge in [-0.1, -0.05) is 21.5 Å². The molecule has 0 aliphatic carbocycles. The van der Waals surface area contributed by atoms with Crippen molar-refractivity contribution in [3.8, 4) is 0 Å². The number of allylic oxidation sites excluding steroid dienone is 1. The number of ether oxygens (including phenoxy) is 1. The van der Waals surface area contributed by atoms with Crippen LogP contribution in [0, 0.1) is 17.5 Å². The standard InChI is InChI=1S/C12H12F4O2S.C7H3BrF4.C7H4F4S.C5H8O2.C4H8O.I2/c1-11(2,6-10(17)18)19-9-4-7(12(14,15)16)3-8(13)5-9;8-5-1-4(7(10,11)12)2-6(9)3-5;8-5-1-4(7(9,10)11)2-6(12)3-5;1-4(2)3-5(6)7;1-2-4-5-3-1;1-2/h3-5H,6H2,1-2H3,(H,17,18);1-3H;1-3,12H;3H,1-2H3,(H,6,7);1-4H2;. The predicted molar refractivity (Wildman–Crippen MR) is 217 cm³/mol. The van der Waals surface area contributed by atoms with Gasteiger partial charge in [0.25, 0.3) is 0 Å². The van der Waals surface area contributed by atoms with Crippen molar-refractivity contribution in [3.63, 3.8) is 0 Å². The molecule has 1 aliphatic heterocycles. The van der Waals surface area contributed by atoms with E-state index >= 15 is 0 Å².